The molecular formula is C27H32N2O5. The number of nitrogens with one attached hydrogen (secondary N) is 1. The number of alkyl carbamates (subject to hydrolysis) is 1. The quantitative estimate of drug-likeness (QED) is 0.633. The van der Waals surface area contributed by atoms with Crippen LogP contribution in [0.2, 0.25) is 0 Å². The van der Waals surface area contributed by atoms with Crippen molar-refractivity contribution in [3.63, 3.8) is 0 Å². The van der Waals surface area contributed by atoms with E-state index in [1.165, 1.54) is 16.0 Å². The SMILES string of the molecule is CC(C)(CNC(=O)OCC1c2ccccc2-c2ccccc21)CC(=O)N1CCC[C@]1(C)C(=O)O. The van der Waals surface area contributed by atoms with E-state index in [0.29, 0.717) is 19.4 Å². The standard InChI is InChI=1S/C27H32N2O5/c1-26(2,15-23(30)29-14-8-13-27(29,3)24(31)32)17-28-25(33)34-16-22-20-11-6-4-9-18(20)19-10-5-7-12-21(19)22/h4-7,9-12,22H,8,13-17H2,1-3H3,(H,28,33)(H,31,32)/t27-/m1/s1. The lowest BCUT2D eigenvalue weighted by atomic mass is 9.88. The number of benzene rings is 2. The second-order valence-electron chi connectivity index (χ2n) is 10.2. The molecule has 7 nitrogen and oxygen atoms in total. The number of carboxylic acids is 1. The van der Waals surface area contributed by atoms with Crippen molar-refractivity contribution in [2.45, 2.75) is 51.5 Å². The fourth-order valence-electron chi connectivity index (χ4n) is 5.11. The highest BCUT2D eigenvalue weighted by atomic mass is 16.5. The Balaban J connectivity index is 1.32. The molecule has 2 aromatic rings. The van der Waals surface area contributed by atoms with Gasteiger partial charge in [-0.1, -0.05) is 62.4 Å². The maximum absolute atomic E-state index is 12.9. The number of hydrogen-bond acceptors (Lipinski definition) is 4. The van der Waals surface area contributed by atoms with E-state index in [-0.39, 0.29) is 31.4 Å². The number of rotatable bonds is 7. The molecule has 34 heavy (non-hydrogen) atoms. The first-order chi connectivity index (χ1) is 16.1. The zero-order chi connectivity index (χ0) is 24.5. The second kappa shape index (κ2) is 9.12. The van der Waals surface area contributed by atoms with Crippen LogP contribution in [0.4, 0.5) is 4.79 Å². The molecule has 0 aromatic heterocycles. The van der Waals surface area contributed by atoms with Crippen LogP contribution in [0.5, 0.6) is 0 Å². The highest BCUT2D eigenvalue weighted by molar-refractivity contribution is 5.87. The van der Waals surface area contributed by atoms with Gasteiger partial charge >= 0.3 is 12.1 Å². The van der Waals surface area contributed by atoms with E-state index in [0.717, 1.165) is 11.1 Å². The lowest BCUT2D eigenvalue weighted by Crippen LogP contribution is -2.52. The van der Waals surface area contributed by atoms with Gasteiger partial charge in [-0.2, -0.15) is 0 Å². The van der Waals surface area contributed by atoms with Crippen LogP contribution in [0.1, 0.15) is 57.1 Å². The van der Waals surface area contributed by atoms with Gasteiger partial charge in [-0.05, 0) is 47.4 Å². The van der Waals surface area contributed by atoms with Gasteiger partial charge in [0.25, 0.3) is 0 Å². The van der Waals surface area contributed by atoms with Gasteiger partial charge in [0.2, 0.25) is 5.91 Å². The number of carbonyl (C=O) groups is 3. The molecule has 0 saturated carbocycles. The third kappa shape index (κ3) is 4.52. The monoisotopic (exact) mass is 464 g/mol. The first-order valence-corrected chi connectivity index (χ1v) is 11.8. The molecule has 2 aliphatic rings. The summed E-state index contributed by atoms with van der Waals surface area (Å²) < 4.78 is 5.58. The van der Waals surface area contributed by atoms with Crippen LogP contribution < -0.4 is 5.32 Å². The number of fused-ring (bicyclic) bond motifs is 3. The van der Waals surface area contributed by atoms with Crippen LogP contribution in [0.15, 0.2) is 48.5 Å². The summed E-state index contributed by atoms with van der Waals surface area (Å²) in [6.45, 7) is 6.27. The maximum Gasteiger partial charge on any atom is 0.407 e. The smallest absolute Gasteiger partial charge is 0.407 e. The van der Waals surface area contributed by atoms with Crippen molar-refractivity contribution in [3.05, 3.63) is 59.7 Å². The number of carbonyl (C=O) groups excluding carboxylic acids is 2. The summed E-state index contributed by atoms with van der Waals surface area (Å²) in [6.07, 6.45) is 0.734. The van der Waals surface area contributed by atoms with Crippen LogP contribution in [0.25, 0.3) is 11.1 Å². The number of likely N-dealkylation sites (tertiary alicyclic amines) is 1. The summed E-state index contributed by atoms with van der Waals surface area (Å²) in [5.41, 5.74) is 2.92. The number of amides is 2. The Bertz CT molecular complexity index is 1070. The van der Waals surface area contributed by atoms with Gasteiger partial charge in [0.1, 0.15) is 12.1 Å². The normalized spacial score (nSPS) is 19.4. The summed E-state index contributed by atoms with van der Waals surface area (Å²) in [4.78, 5) is 38.5. The van der Waals surface area contributed by atoms with Gasteiger partial charge in [0.05, 0.1) is 0 Å². The van der Waals surface area contributed by atoms with E-state index in [9.17, 15) is 19.5 Å². The zero-order valence-corrected chi connectivity index (χ0v) is 20.0. The summed E-state index contributed by atoms with van der Waals surface area (Å²) >= 11 is 0. The molecule has 2 N–H and O–H groups in total. The van der Waals surface area contributed by atoms with Gasteiger partial charge in [-0.3, -0.25) is 4.79 Å². The van der Waals surface area contributed by atoms with E-state index in [4.69, 9.17) is 4.74 Å². The molecule has 1 heterocycles. The largest absolute Gasteiger partial charge is 0.480 e. The van der Waals surface area contributed by atoms with Crippen molar-refractivity contribution in [1.29, 1.82) is 0 Å². The molecule has 2 aromatic carbocycles. The molecule has 7 heteroatoms. The molecule has 0 radical (unpaired) electrons. The van der Waals surface area contributed by atoms with Crippen LogP contribution in [-0.2, 0) is 14.3 Å². The Morgan fingerprint density at radius 2 is 1.68 bits per heavy atom. The summed E-state index contributed by atoms with van der Waals surface area (Å²) in [7, 11) is 0. The molecular weight excluding hydrogens is 432 g/mol. The lowest BCUT2D eigenvalue weighted by Gasteiger charge is -2.34. The Kier molecular flexibility index (Phi) is 6.39. The third-order valence-electron chi connectivity index (χ3n) is 7.09. The van der Waals surface area contributed by atoms with Crippen LogP contribution in [-0.4, -0.2) is 53.2 Å². The summed E-state index contributed by atoms with van der Waals surface area (Å²) in [5.74, 6) is -1.20. The van der Waals surface area contributed by atoms with Crippen LogP contribution >= 0.6 is 0 Å². The van der Waals surface area contributed by atoms with Crippen molar-refractivity contribution >= 4 is 18.0 Å². The van der Waals surface area contributed by atoms with Gasteiger partial charge in [-0.15, -0.1) is 0 Å². The van der Waals surface area contributed by atoms with Crippen LogP contribution in [0, 0.1) is 5.41 Å². The van der Waals surface area contributed by atoms with E-state index in [2.05, 4.69) is 29.6 Å². The molecule has 1 aliphatic carbocycles. The van der Waals surface area contributed by atoms with Crippen molar-refractivity contribution in [2.75, 3.05) is 19.7 Å². The molecule has 180 valence electrons. The van der Waals surface area contributed by atoms with Gasteiger partial charge < -0.3 is 20.1 Å². The minimum Gasteiger partial charge on any atom is -0.480 e. The Labute approximate surface area is 200 Å². The molecule has 2 amide bonds. The number of ether oxygens (including phenoxy) is 1. The predicted molar refractivity (Wildman–Crippen MR) is 128 cm³/mol. The third-order valence-corrected chi connectivity index (χ3v) is 7.09. The zero-order valence-electron chi connectivity index (χ0n) is 20.0. The average molecular weight is 465 g/mol. The van der Waals surface area contributed by atoms with E-state index in [1.807, 2.05) is 38.1 Å². The highest BCUT2D eigenvalue weighted by Crippen LogP contribution is 2.44. The van der Waals surface area contributed by atoms with Crippen LogP contribution in [0.3, 0.4) is 0 Å². The maximum atomic E-state index is 12.9. The molecule has 1 atom stereocenters. The van der Waals surface area contributed by atoms with Crippen molar-refractivity contribution < 1.29 is 24.2 Å². The Morgan fingerprint density at radius 1 is 1.09 bits per heavy atom. The Morgan fingerprint density at radius 3 is 2.26 bits per heavy atom. The fourth-order valence-corrected chi connectivity index (χ4v) is 5.11. The molecule has 0 spiro atoms. The van der Waals surface area contributed by atoms with Crippen molar-refractivity contribution in [2.24, 2.45) is 5.41 Å². The predicted octanol–water partition coefficient (Wildman–Crippen LogP) is 4.41. The fraction of sp³-hybridized carbons (Fsp3) is 0.444. The summed E-state index contributed by atoms with van der Waals surface area (Å²) in [6, 6.07) is 16.3. The molecule has 1 saturated heterocycles. The highest BCUT2D eigenvalue weighted by Gasteiger charge is 2.46. The molecule has 1 fully saturated rings. The van der Waals surface area contributed by atoms with Gasteiger partial charge in [0, 0.05) is 25.4 Å². The van der Waals surface area contributed by atoms with Gasteiger partial charge in [-0.25, -0.2) is 9.59 Å². The lowest BCUT2D eigenvalue weighted by molar-refractivity contribution is -0.156. The van der Waals surface area contributed by atoms with Crippen molar-refractivity contribution in [3.8, 4) is 11.1 Å². The van der Waals surface area contributed by atoms with E-state index in [1.54, 1.807) is 6.92 Å². The second-order valence-corrected chi connectivity index (χ2v) is 10.2. The topological polar surface area (TPSA) is 95.9 Å². The minimum absolute atomic E-state index is 0.0170. The number of carboxylic acid groups (broad SMARTS) is 1. The first kappa shape index (κ1) is 23.8. The minimum atomic E-state index is -1.16. The van der Waals surface area contributed by atoms with Crippen molar-refractivity contribution in [1.82, 2.24) is 10.2 Å². The summed E-state index contributed by atoms with van der Waals surface area (Å²) in [5, 5.41) is 12.4. The van der Waals surface area contributed by atoms with E-state index < -0.39 is 23.0 Å². The number of nitrogens with zero attached hydrogens (tertiary/aromatic N) is 1. The number of aliphatic carboxylic acids is 1. The average Bonchev–Trinajstić information content (AvgIpc) is 3.35. The molecule has 1 aliphatic heterocycles. The molecule has 0 bridgehead atoms. The van der Waals surface area contributed by atoms with E-state index >= 15 is 0 Å². The molecule has 0 unspecified atom stereocenters. The van der Waals surface area contributed by atoms with Gasteiger partial charge in [0.15, 0.2) is 0 Å². The first-order valence-electron chi connectivity index (χ1n) is 11.8. The number of hydrogen-bond donors (Lipinski definition) is 2. The Hall–Kier alpha value is -3.35. The molecule has 4 rings (SSSR count).